The number of ether oxygens (including phenoxy) is 1. The molecule has 0 aliphatic heterocycles. The lowest BCUT2D eigenvalue weighted by atomic mass is 9.46. The van der Waals surface area contributed by atoms with Crippen LogP contribution in [0.1, 0.15) is 85.5 Å². The highest BCUT2D eigenvalue weighted by Gasteiger charge is 2.60. The van der Waals surface area contributed by atoms with Crippen LogP contribution in [0.25, 0.3) is 0 Å². The molecule has 0 aromatic carbocycles. The lowest BCUT2D eigenvalue weighted by Crippen LogP contribution is -2.52. The van der Waals surface area contributed by atoms with E-state index in [1.807, 2.05) is 0 Å². The molecule has 4 aliphatic carbocycles. The number of carbonyl (C=O) groups is 2. The van der Waals surface area contributed by atoms with Crippen LogP contribution in [0, 0.1) is 34.5 Å². The van der Waals surface area contributed by atoms with Gasteiger partial charge in [0.1, 0.15) is 11.9 Å². The molecule has 3 unspecified atom stereocenters. The molecular weight excluding hydrogens is 336 g/mol. The van der Waals surface area contributed by atoms with Crippen LogP contribution >= 0.6 is 0 Å². The maximum absolute atomic E-state index is 12.0. The summed E-state index contributed by atoms with van der Waals surface area (Å²) >= 11 is 0. The van der Waals surface area contributed by atoms with Gasteiger partial charge in [-0.25, -0.2) is 0 Å². The Hall–Kier alpha value is -1.12. The molecule has 0 amide bonds. The van der Waals surface area contributed by atoms with E-state index >= 15 is 0 Å². The number of fused-ring (bicyclic) bond motifs is 5. The standard InChI is InChI=1S/C24H36O3/c1-5-24-13-11-21-19(7-6-17-14-18(26)10-12-23(17,21)4)22(24)9-8-20(24)15(2)27-16(3)25/h6,15,19-22H,5,7-14H2,1-4H3/t15?,19-,20-,21?,22?,23+,24-/m1/s1. The zero-order valence-corrected chi connectivity index (χ0v) is 17.6. The Balaban J connectivity index is 1.63. The van der Waals surface area contributed by atoms with Crippen molar-refractivity contribution in [3.8, 4) is 0 Å². The first-order valence-corrected chi connectivity index (χ1v) is 11.2. The minimum atomic E-state index is -0.143. The predicted octanol–water partition coefficient (Wildman–Crippen LogP) is 5.48. The summed E-state index contributed by atoms with van der Waals surface area (Å²) < 4.78 is 5.68. The first-order chi connectivity index (χ1) is 12.8. The van der Waals surface area contributed by atoms with Crippen molar-refractivity contribution < 1.29 is 14.3 Å². The second-order valence-corrected chi connectivity index (χ2v) is 10.1. The highest BCUT2D eigenvalue weighted by atomic mass is 16.5. The highest BCUT2D eigenvalue weighted by molar-refractivity contribution is 5.82. The van der Waals surface area contributed by atoms with Crippen LogP contribution in [0.3, 0.4) is 0 Å². The van der Waals surface area contributed by atoms with Gasteiger partial charge in [0.05, 0.1) is 0 Å². The largest absolute Gasteiger partial charge is 0.463 e. The smallest absolute Gasteiger partial charge is 0.302 e. The van der Waals surface area contributed by atoms with Crippen molar-refractivity contribution in [2.24, 2.45) is 34.5 Å². The SMILES string of the molecule is CC[C@]12CCC3[C@@H](CC=C4CC(=O)CC[C@@]43C)C1CC[C@@H]2C(C)OC(C)=O. The van der Waals surface area contributed by atoms with E-state index in [1.54, 1.807) is 0 Å². The minimum absolute atomic E-state index is 0.0292. The average molecular weight is 373 g/mol. The summed E-state index contributed by atoms with van der Waals surface area (Å²) in [6.45, 7) is 8.47. The number of carbonyl (C=O) groups excluding carboxylic acids is 2. The van der Waals surface area contributed by atoms with Crippen molar-refractivity contribution in [1.82, 2.24) is 0 Å². The van der Waals surface area contributed by atoms with Gasteiger partial charge in [0, 0.05) is 25.7 Å². The second-order valence-electron chi connectivity index (χ2n) is 10.1. The fourth-order valence-electron chi connectivity index (χ4n) is 8.08. The first kappa shape index (κ1) is 19.2. The Labute approximate surface area is 164 Å². The van der Waals surface area contributed by atoms with Crippen molar-refractivity contribution in [2.75, 3.05) is 0 Å². The summed E-state index contributed by atoms with van der Waals surface area (Å²) in [4.78, 5) is 23.6. The fourth-order valence-corrected chi connectivity index (χ4v) is 8.08. The van der Waals surface area contributed by atoms with Crippen LogP contribution in [0.5, 0.6) is 0 Å². The second kappa shape index (κ2) is 6.74. The molecule has 27 heavy (non-hydrogen) atoms. The summed E-state index contributed by atoms with van der Waals surface area (Å²) in [6, 6.07) is 0. The summed E-state index contributed by atoms with van der Waals surface area (Å²) in [5.74, 6) is 3.02. The van der Waals surface area contributed by atoms with Gasteiger partial charge in [-0.3, -0.25) is 9.59 Å². The summed E-state index contributed by atoms with van der Waals surface area (Å²) in [5.41, 5.74) is 2.03. The normalized spacial score (nSPS) is 44.6. The van der Waals surface area contributed by atoms with Crippen molar-refractivity contribution in [3.05, 3.63) is 11.6 Å². The van der Waals surface area contributed by atoms with Gasteiger partial charge >= 0.3 is 5.97 Å². The van der Waals surface area contributed by atoms with Crippen LogP contribution in [-0.4, -0.2) is 17.9 Å². The number of allylic oxidation sites excluding steroid dienone is 2. The monoisotopic (exact) mass is 372 g/mol. The summed E-state index contributed by atoms with van der Waals surface area (Å²) in [7, 11) is 0. The van der Waals surface area contributed by atoms with Crippen molar-refractivity contribution >= 4 is 11.8 Å². The molecular formula is C24H36O3. The number of ketones is 1. The maximum Gasteiger partial charge on any atom is 0.302 e. The fraction of sp³-hybridized carbons (Fsp3) is 0.833. The van der Waals surface area contributed by atoms with Gasteiger partial charge in [0.2, 0.25) is 0 Å². The molecule has 0 aromatic rings. The Morgan fingerprint density at radius 1 is 1.26 bits per heavy atom. The van der Waals surface area contributed by atoms with E-state index in [2.05, 4.69) is 26.8 Å². The molecule has 4 rings (SSSR count). The average Bonchev–Trinajstić information content (AvgIpc) is 3.02. The summed E-state index contributed by atoms with van der Waals surface area (Å²) in [5, 5.41) is 0. The third-order valence-corrected chi connectivity index (χ3v) is 9.30. The lowest BCUT2D eigenvalue weighted by Gasteiger charge is -2.58. The van der Waals surface area contributed by atoms with Crippen LogP contribution in [-0.2, 0) is 14.3 Å². The third-order valence-electron chi connectivity index (χ3n) is 9.30. The number of esters is 1. The van der Waals surface area contributed by atoms with E-state index in [9.17, 15) is 9.59 Å². The Bertz CT molecular complexity index is 665. The number of hydrogen-bond donors (Lipinski definition) is 0. The van der Waals surface area contributed by atoms with Crippen LogP contribution in [0.4, 0.5) is 0 Å². The molecule has 0 spiro atoms. The molecule has 7 atom stereocenters. The molecule has 3 fully saturated rings. The predicted molar refractivity (Wildman–Crippen MR) is 106 cm³/mol. The van der Waals surface area contributed by atoms with Crippen molar-refractivity contribution in [1.29, 1.82) is 0 Å². The molecule has 3 nitrogen and oxygen atoms in total. The third kappa shape index (κ3) is 2.83. The summed E-state index contributed by atoms with van der Waals surface area (Å²) in [6.07, 6.45) is 12.4. The molecule has 3 saturated carbocycles. The number of Topliss-reactive ketones (excluding diaryl/α,β-unsaturated/α-hetero) is 1. The van der Waals surface area contributed by atoms with Gasteiger partial charge in [-0.15, -0.1) is 0 Å². The molecule has 150 valence electrons. The highest BCUT2D eigenvalue weighted by Crippen LogP contribution is 2.67. The zero-order chi connectivity index (χ0) is 19.4. The Morgan fingerprint density at radius 2 is 2.04 bits per heavy atom. The van der Waals surface area contributed by atoms with Gasteiger partial charge in [0.15, 0.2) is 0 Å². The van der Waals surface area contributed by atoms with E-state index < -0.39 is 0 Å². The van der Waals surface area contributed by atoms with Crippen molar-refractivity contribution in [3.63, 3.8) is 0 Å². The molecule has 0 saturated heterocycles. The van der Waals surface area contributed by atoms with Crippen LogP contribution < -0.4 is 0 Å². The van der Waals surface area contributed by atoms with Gasteiger partial charge in [-0.2, -0.15) is 0 Å². The quantitative estimate of drug-likeness (QED) is 0.487. The Kier molecular flexibility index (Phi) is 4.79. The molecule has 0 bridgehead atoms. The van der Waals surface area contributed by atoms with E-state index in [1.165, 1.54) is 44.6 Å². The van der Waals surface area contributed by atoms with Gasteiger partial charge < -0.3 is 4.74 Å². The lowest BCUT2D eigenvalue weighted by molar-refractivity contribution is -0.153. The Morgan fingerprint density at radius 3 is 2.74 bits per heavy atom. The first-order valence-electron chi connectivity index (χ1n) is 11.2. The van der Waals surface area contributed by atoms with E-state index in [4.69, 9.17) is 4.74 Å². The van der Waals surface area contributed by atoms with Crippen LogP contribution in [0.2, 0.25) is 0 Å². The molecule has 4 aliphatic rings. The minimum Gasteiger partial charge on any atom is -0.463 e. The van der Waals surface area contributed by atoms with Crippen LogP contribution in [0.15, 0.2) is 11.6 Å². The molecule has 0 radical (unpaired) electrons. The molecule has 0 heterocycles. The molecule has 0 N–H and O–H groups in total. The van der Waals surface area contributed by atoms with E-state index in [-0.39, 0.29) is 17.5 Å². The molecule has 3 heteroatoms. The van der Waals surface area contributed by atoms with Gasteiger partial charge in [-0.05, 0) is 80.5 Å². The number of hydrogen-bond acceptors (Lipinski definition) is 3. The van der Waals surface area contributed by atoms with E-state index in [0.717, 1.165) is 37.0 Å². The van der Waals surface area contributed by atoms with Gasteiger partial charge in [-0.1, -0.05) is 25.5 Å². The van der Waals surface area contributed by atoms with Gasteiger partial charge in [0.25, 0.3) is 0 Å². The number of rotatable bonds is 3. The zero-order valence-electron chi connectivity index (χ0n) is 17.6. The maximum atomic E-state index is 12.0. The van der Waals surface area contributed by atoms with Crippen molar-refractivity contribution in [2.45, 2.75) is 91.6 Å². The molecule has 0 aromatic heterocycles. The topological polar surface area (TPSA) is 43.4 Å². The van der Waals surface area contributed by atoms with E-state index in [0.29, 0.717) is 23.5 Å².